The Bertz CT molecular complexity index is 1530. The highest BCUT2D eigenvalue weighted by molar-refractivity contribution is 7.47. The summed E-state index contributed by atoms with van der Waals surface area (Å²) in [6, 6.07) is 9.86. The zero-order chi connectivity index (χ0) is 29.6. The quantitative estimate of drug-likeness (QED) is 0.179. The van der Waals surface area contributed by atoms with Crippen LogP contribution in [0, 0.1) is 6.92 Å². The summed E-state index contributed by atoms with van der Waals surface area (Å²) in [7, 11) is -3.13. The number of halogens is 3. The zero-order valence-electron chi connectivity index (χ0n) is 21.9. The van der Waals surface area contributed by atoms with Crippen molar-refractivity contribution in [2.45, 2.75) is 32.9 Å². The van der Waals surface area contributed by atoms with Crippen LogP contribution in [0.3, 0.4) is 0 Å². The van der Waals surface area contributed by atoms with Gasteiger partial charge in [-0.1, -0.05) is 11.2 Å². The summed E-state index contributed by atoms with van der Waals surface area (Å²) in [5.74, 6) is 0.968. The maximum atomic E-state index is 12.5. The number of aromatic nitrogens is 4. The van der Waals surface area contributed by atoms with E-state index in [0.29, 0.717) is 40.6 Å². The van der Waals surface area contributed by atoms with Crippen LogP contribution in [0.1, 0.15) is 22.5 Å². The Balaban J connectivity index is 1.36. The van der Waals surface area contributed by atoms with E-state index in [2.05, 4.69) is 19.6 Å². The van der Waals surface area contributed by atoms with E-state index in [1.54, 1.807) is 49.6 Å². The highest BCUT2D eigenvalue weighted by atomic mass is 31.2. The number of ether oxygens (including phenoxy) is 2. The molecule has 0 amide bonds. The van der Waals surface area contributed by atoms with E-state index in [1.165, 1.54) is 16.8 Å². The molecule has 0 aliphatic rings. The molecule has 0 saturated heterocycles. The van der Waals surface area contributed by atoms with Crippen LogP contribution in [0.4, 0.5) is 19.0 Å². The molecule has 1 unspecified atom stereocenters. The summed E-state index contributed by atoms with van der Waals surface area (Å²) in [5.41, 5.74) is 8.94. The number of hydrogen-bond acceptors (Lipinski definition) is 10. The van der Waals surface area contributed by atoms with Gasteiger partial charge in [0.15, 0.2) is 12.4 Å². The molecule has 0 saturated carbocycles. The molecule has 4 aromatic rings. The van der Waals surface area contributed by atoms with Crippen molar-refractivity contribution in [3.05, 3.63) is 77.5 Å². The van der Waals surface area contributed by atoms with Crippen LogP contribution < -0.4 is 19.8 Å². The molecular formula is C25H26F3N5O7P+. The average Bonchev–Trinajstić information content (AvgIpc) is 3.39. The summed E-state index contributed by atoms with van der Waals surface area (Å²) in [6.45, 7) is -0.134. The van der Waals surface area contributed by atoms with Crippen LogP contribution in [0.15, 0.2) is 59.5 Å². The summed E-state index contributed by atoms with van der Waals surface area (Å²) >= 11 is 0. The van der Waals surface area contributed by atoms with Crippen LogP contribution in [-0.4, -0.2) is 39.9 Å². The van der Waals surface area contributed by atoms with Gasteiger partial charge in [0.1, 0.15) is 17.9 Å². The Morgan fingerprint density at radius 2 is 1.98 bits per heavy atom. The molecule has 3 N–H and O–H groups in total. The SMILES string of the molecule is COP(=O)(O)OC[n+]1cccc(-c2cc(Cc3ccc(OCc4nccc(OCC(F)(F)F)c4C)nc3)no2)c1N. The minimum atomic E-state index is -4.45. The van der Waals surface area contributed by atoms with E-state index in [1.807, 2.05) is 0 Å². The second-order valence-corrected chi connectivity index (χ2v) is 10.2. The zero-order valence-corrected chi connectivity index (χ0v) is 22.8. The van der Waals surface area contributed by atoms with Crippen molar-refractivity contribution in [3.8, 4) is 23.0 Å². The maximum absolute atomic E-state index is 12.5. The van der Waals surface area contributed by atoms with E-state index in [9.17, 15) is 22.6 Å². The summed E-state index contributed by atoms with van der Waals surface area (Å²) in [4.78, 5) is 17.9. The van der Waals surface area contributed by atoms with Crippen molar-refractivity contribution in [2.24, 2.45) is 0 Å². The van der Waals surface area contributed by atoms with Crippen molar-refractivity contribution in [2.75, 3.05) is 19.5 Å². The van der Waals surface area contributed by atoms with Gasteiger partial charge in [0.05, 0.1) is 17.6 Å². The molecule has 1 atom stereocenters. The third-order valence-corrected chi connectivity index (χ3v) is 6.62. The number of nitrogens with two attached hydrogens (primary N) is 1. The number of pyridine rings is 3. The van der Waals surface area contributed by atoms with Crippen LogP contribution in [0.25, 0.3) is 11.3 Å². The van der Waals surface area contributed by atoms with Crippen molar-refractivity contribution in [1.29, 1.82) is 0 Å². The predicted molar refractivity (Wildman–Crippen MR) is 136 cm³/mol. The van der Waals surface area contributed by atoms with Gasteiger partial charge in [0, 0.05) is 43.6 Å². The van der Waals surface area contributed by atoms with E-state index < -0.39 is 20.6 Å². The van der Waals surface area contributed by atoms with Crippen LogP contribution in [0.5, 0.6) is 11.6 Å². The normalized spacial score (nSPS) is 13.1. The standard InChI is InChI=1S/C25H25F3N5O7P/c1-16-20(30-8-7-21(16)38-14-25(26,27)28)13-37-23-6-5-17(12-31-23)10-18-11-22(40-32-18)19-4-3-9-33(24(19)29)15-39-41(34,35)36-2/h3-9,11-12,29H,10,13-15H2,1-2H3,(H,34,35)/p+1. The number of rotatable bonds is 12. The van der Waals surface area contributed by atoms with Crippen molar-refractivity contribution < 1.29 is 50.2 Å². The van der Waals surface area contributed by atoms with Gasteiger partial charge in [-0.05, 0) is 30.7 Å². The van der Waals surface area contributed by atoms with E-state index in [0.717, 1.165) is 12.7 Å². The fraction of sp³-hybridized carbons (Fsp3) is 0.280. The minimum absolute atomic E-state index is 0.0150. The molecule has 0 radical (unpaired) electrons. The lowest BCUT2D eigenvalue weighted by Crippen LogP contribution is -2.38. The molecule has 218 valence electrons. The number of anilines is 1. The molecule has 16 heteroatoms. The smallest absolute Gasteiger partial charge is 0.475 e. The lowest BCUT2D eigenvalue weighted by molar-refractivity contribution is -0.711. The van der Waals surface area contributed by atoms with Crippen LogP contribution in [0.2, 0.25) is 0 Å². The van der Waals surface area contributed by atoms with E-state index >= 15 is 0 Å². The second kappa shape index (κ2) is 12.6. The predicted octanol–water partition coefficient (Wildman–Crippen LogP) is 4.14. The monoisotopic (exact) mass is 596 g/mol. The first-order valence-corrected chi connectivity index (χ1v) is 13.4. The van der Waals surface area contributed by atoms with Gasteiger partial charge in [-0.2, -0.15) is 13.2 Å². The lowest BCUT2D eigenvalue weighted by atomic mass is 10.1. The van der Waals surface area contributed by atoms with Gasteiger partial charge in [-0.3, -0.25) is 15.2 Å². The third-order valence-electron chi connectivity index (χ3n) is 5.72. The second-order valence-electron chi connectivity index (χ2n) is 8.62. The third kappa shape index (κ3) is 8.24. The Labute approximate surface area is 232 Å². The first-order chi connectivity index (χ1) is 19.4. The number of nitrogen functional groups attached to an aromatic ring is 1. The number of phosphoric ester groups is 1. The molecule has 4 rings (SSSR count). The number of alkyl halides is 3. The molecule has 0 fully saturated rings. The van der Waals surface area contributed by atoms with Gasteiger partial charge in [0.25, 0.3) is 5.82 Å². The molecule has 0 aromatic carbocycles. The molecule has 12 nitrogen and oxygen atoms in total. The van der Waals surface area contributed by atoms with E-state index in [-0.39, 0.29) is 24.9 Å². The summed E-state index contributed by atoms with van der Waals surface area (Å²) in [5, 5.41) is 4.08. The van der Waals surface area contributed by atoms with Gasteiger partial charge in [-0.25, -0.2) is 18.6 Å². The fourth-order valence-corrected chi connectivity index (χ4v) is 3.94. The molecule has 0 spiro atoms. The number of phosphoric acid groups is 1. The van der Waals surface area contributed by atoms with Crippen LogP contribution >= 0.6 is 7.82 Å². The molecule has 0 bridgehead atoms. The van der Waals surface area contributed by atoms with Crippen molar-refractivity contribution >= 4 is 13.6 Å². The highest BCUT2D eigenvalue weighted by Crippen LogP contribution is 2.41. The molecular weight excluding hydrogens is 570 g/mol. The number of nitrogens with zero attached hydrogens (tertiary/aromatic N) is 4. The molecule has 0 aliphatic carbocycles. The average molecular weight is 596 g/mol. The highest BCUT2D eigenvalue weighted by Gasteiger charge is 2.29. The lowest BCUT2D eigenvalue weighted by Gasteiger charge is -2.13. The maximum Gasteiger partial charge on any atom is 0.475 e. The van der Waals surface area contributed by atoms with Crippen molar-refractivity contribution in [1.82, 2.24) is 15.1 Å². The van der Waals surface area contributed by atoms with Gasteiger partial charge >= 0.3 is 14.0 Å². The first kappa shape index (κ1) is 29.9. The van der Waals surface area contributed by atoms with Gasteiger partial charge < -0.3 is 18.9 Å². The minimum Gasteiger partial charge on any atom is -0.484 e. The largest absolute Gasteiger partial charge is 0.484 e. The Morgan fingerprint density at radius 3 is 2.68 bits per heavy atom. The van der Waals surface area contributed by atoms with Crippen molar-refractivity contribution in [3.63, 3.8) is 0 Å². The Kier molecular flexibility index (Phi) is 9.23. The first-order valence-electron chi connectivity index (χ1n) is 11.9. The number of hydrogen-bond donors (Lipinski definition) is 2. The fourth-order valence-electron chi connectivity index (χ4n) is 3.57. The molecule has 4 heterocycles. The Hall–Kier alpha value is -4.04. The van der Waals surface area contributed by atoms with Crippen LogP contribution in [-0.2, 0) is 33.4 Å². The Morgan fingerprint density at radius 1 is 1.17 bits per heavy atom. The summed E-state index contributed by atoms with van der Waals surface area (Å²) < 4.78 is 75.6. The molecule has 41 heavy (non-hydrogen) atoms. The van der Waals surface area contributed by atoms with Gasteiger partial charge in [0.2, 0.25) is 12.6 Å². The summed E-state index contributed by atoms with van der Waals surface area (Å²) in [6.07, 6.45) is 0.450. The topological polar surface area (TPSA) is 156 Å². The van der Waals surface area contributed by atoms with E-state index in [4.69, 9.17) is 24.3 Å². The molecule has 4 aromatic heterocycles. The molecule has 0 aliphatic heterocycles. The van der Waals surface area contributed by atoms with Gasteiger partial charge in [-0.15, -0.1) is 0 Å².